The third-order valence-electron chi connectivity index (χ3n) is 4.85. The number of ether oxygens (including phenoxy) is 1. The smallest absolute Gasteiger partial charge is 0.220 e. The minimum Gasteiger partial charge on any atom is -0.479 e. The van der Waals surface area contributed by atoms with Crippen molar-refractivity contribution >= 4 is 17.5 Å². The van der Waals surface area contributed by atoms with Gasteiger partial charge >= 0.3 is 0 Å². The molecule has 0 bridgehead atoms. The summed E-state index contributed by atoms with van der Waals surface area (Å²) in [5, 5.41) is 3.52. The van der Waals surface area contributed by atoms with E-state index in [2.05, 4.69) is 29.4 Å². The number of nitrogens with one attached hydrogen (secondary N) is 1. The van der Waals surface area contributed by atoms with Crippen LogP contribution in [-0.4, -0.2) is 12.5 Å². The van der Waals surface area contributed by atoms with Crippen LogP contribution in [0.4, 0.5) is 0 Å². The lowest BCUT2D eigenvalue weighted by Crippen LogP contribution is -2.23. The Labute approximate surface area is 166 Å². The fourth-order valence-electron chi connectivity index (χ4n) is 3.38. The Balaban J connectivity index is 1.47. The van der Waals surface area contributed by atoms with Crippen LogP contribution in [0.3, 0.4) is 0 Å². The van der Waals surface area contributed by atoms with Crippen LogP contribution in [0.1, 0.15) is 41.5 Å². The summed E-state index contributed by atoms with van der Waals surface area (Å²) in [7, 11) is 0. The number of carbonyl (C=O) groups is 1. The second kappa shape index (κ2) is 9.48. The molecular weight excluding hydrogens is 358 g/mol. The Kier molecular flexibility index (Phi) is 6.79. The fourth-order valence-corrected chi connectivity index (χ4v) is 3.64. The van der Waals surface area contributed by atoms with Crippen LogP contribution in [0.2, 0.25) is 5.02 Å². The van der Waals surface area contributed by atoms with Gasteiger partial charge < -0.3 is 10.1 Å². The molecule has 27 heavy (non-hydrogen) atoms. The number of halogens is 1. The molecule has 2 aromatic carbocycles. The molecule has 1 aliphatic rings. The second-order valence-electron chi connectivity index (χ2n) is 6.84. The molecule has 1 aliphatic carbocycles. The highest BCUT2D eigenvalue weighted by Gasteiger charge is 2.10. The molecule has 3 nitrogen and oxygen atoms in total. The summed E-state index contributed by atoms with van der Waals surface area (Å²) in [5.41, 5.74) is 5.07. The van der Waals surface area contributed by atoms with Gasteiger partial charge in [-0.3, -0.25) is 4.79 Å². The number of aryl methyl sites for hydroxylation is 3. The minimum atomic E-state index is 0.0384. The Morgan fingerprint density at radius 1 is 1.11 bits per heavy atom. The molecule has 0 aromatic heterocycles. The highest BCUT2D eigenvalue weighted by Crippen LogP contribution is 2.26. The van der Waals surface area contributed by atoms with Gasteiger partial charge in [0.1, 0.15) is 12.4 Å². The van der Waals surface area contributed by atoms with Gasteiger partial charge in [-0.15, -0.1) is 6.42 Å². The molecule has 0 saturated carbocycles. The van der Waals surface area contributed by atoms with E-state index in [4.69, 9.17) is 22.8 Å². The van der Waals surface area contributed by atoms with E-state index in [1.54, 1.807) is 6.07 Å². The van der Waals surface area contributed by atoms with Crippen LogP contribution in [0.15, 0.2) is 36.4 Å². The normalized spacial score (nSPS) is 12.7. The third-order valence-corrected chi connectivity index (χ3v) is 5.15. The van der Waals surface area contributed by atoms with Crippen LogP contribution in [0, 0.1) is 12.3 Å². The summed E-state index contributed by atoms with van der Waals surface area (Å²) in [6.45, 7) is 0.760. The number of fused-ring (bicyclic) bond motifs is 1. The summed E-state index contributed by atoms with van der Waals surface area (Å²) in [6.07, 6.45) is 11.1. The molecule has 0 radical (unpaired) electrons. The second-order valence-corrected chi connectivity index (χ2v) is 7.25. The van der Waals surface area contributed by atoms with Crippen molar-refractivity contribution in [1.29, 1.82) is 0 Å². The van der Waals surface area contributed by atoms with Crippen molar-refractivity contribution in [2.45, 2.75) is 45.1 Å². The fraction of sp³-hybridized carbons (Fsp3) is 0.348. The van der Waals surface area contributed by atoms with Gasteiger partial charge in [-0.05, 0) is 66.5 Å². The average molecular weight is 382 g/mol. The Morgan fingerprint density at radius 2 is 1.89 bits per heavy atom. The van der Waals surface area contributed by atoms with E-state index in [1.165, 1.54) is 36.0 Å². The summed E-state index contributed by atoms with van der Waals surface area (Å²) in [5.74, 6) is 3.01. The van der Waals surface area contributed by atoms with E-state index in [-0.39, 0.29) is 12.5 Å². The van der Waals surface area contributed by atoms with Crippen molar-refractivity contribution in [3.05, 3.63) is 63.7 Å². The average Bonchev–Trinajstić information content (AvgIpc) is 2.70. The zero-order chi connectivity index (χ0) is 19.1. The first-order valence-electron chi connectivity index (χ1n) is 9.38. The largest absolute Gasteiger partial charge is 0.479 e. The molecule has 0 fully saturated rings. The maximum Gasteiger partial charge on any atom is 0.220 e. The van der Waals surface area contributed by atoms with Crippen molar-refractivity contribution in [2.24, 2.45) is 0 Å². The Hall–Kier alpha value is -2.44. The lowest BCUT2D eigenvalue weighted by Gasteiger charge is -2.16. The van der Waals surface area contributed by atoms with E-state index < -0.39 is 0 Å². The monoisotopic (exact) mass is 381 g/mol. The number of hydrogen-bond acceptors (Lipinski definition) is 2. The Morgan fingerprint density at radius 3 is 2.67 bits per heavy atom. The first-order chi connectivity index (χ1) is 13.2. The summed E-state index contributed by atoms with van der Waals surface area (Å²) in [4.78, 5) is 12.2. The zero-order valence-electron chi connectivity index (χ0n) is 15.4. The molecule has 0 aliphatic heterocycles. The quantitative estimate of drug-likeness (QED) is 0.718. The van der Waals surface area contributed by atoms with Crippen molar-refractivity contribution in [1.82, 2.24) is 5.32 Å². The SMILES string of the molecule is C#CCOc1ccc(CCC(=O)NCc2ccc3c(c2)CCCC3)cc1Cl. The zero-order valence-corrected chi connectivity index (χ0v) is 16.1. The van der Waals surface area contributed by atoms with Crippen molar-refractivity contribution in [2.75, 3.05) is 6.61 Å². The van der Waals surface area contributed by atoms with E-state index in [1.807, 2.05) is 12.1 Å². The van der Waals surface area contributed by atoms with Gasteiger partial charge in [-0.2, -0.15) is 0 Å². The van der Waals surface area contributed by atoms with Gasteiger partial charge in [0.25, 0.3) is 0 Å². The topological polar surface area (TPSA) is 38.3 Å². The molecule has 0 heterocycles. The summed E-state index contributed by atoms with van der Waals surface area (Å²) < 4.78 is 5.35. The first-order valence-corrected chi connectivity index (χ1v) is 9.75. The van der Waals surface area contributed by atoms with Crippen molar-refractivity contribution in [3.63, 3.8) is 0 Å². The van der Waals surface area contributed by atoms with Gasteiger partial charge in [-0.25, -0.2) is 0 Å². The number of rotatable bonds is 7. The standard InChI is InChI=1S/C23H24ClNO2/c1-2-13-27-22-11-8-17(15-21(22)24)9-12-23(26)25-16-18-7-10-19-5-3-4-6-20(19)14-18/h1,7-8,10-11,14-15H,3-6,9,12-13,16H2,(H,25,26). The van der Waals surface area contributed by atoms with E-state index in [0.717, 1.165) is 12.0 Å². The first kappa shape index (κ1) is 19.3. The molecule has 0 spiro atoms. The molecule has 140 valence electrons. The maximum absolute atomic E-state index is 12.2. The lowest BCUT2D eigenvalue weighted by atomic mass is 9.90. The molecule has 1 amide bonds. The maximum atomic E-state index is 12.2. The van der Waals surface area contributed by atoms with Gasteiger partial charge in [0.05, 0.1) is 5.02 Å². The van der Waals surface area contributed by atoms with Crippen molar-refractivity contribution < 1.29 is 9.53 Å². The molecular formula is C23H24ClNO2. The molecule has 2 aromatic rings. The van der Waals surface area contributed by atoms with E-state index in [9.17, 15) is 4.79 Å². The number of benzene rings is 2. The van der Waals surface area contributed by atoms with E-state index >= 15 is 0 Å². The van der Waals surface area contributed by atoms with Gasteiger partial charge in [0.2, 0.25) is 5.91 Å². The van der Waals surface area contributed by atoms with Crippen LogP contribution in [-0.2, 0) is 30.6 Å². The molecule has 0 saturated heterocycles. The molecule has 0 atom stereocenters. The van der Waals surface area contributed by atoms with Crippen LogP contribution in [0.5, 0.6) is 5.75 Å². The van der Waals surface area contributed by atoms with Crippen molar-refractivity contribution in [3.8, 4) is 18.1 Å². The van der Waals surface area contributed by atoms with Gasteiger partial charge in [0, 0.05) is 13.0 Å². The highest BCUT2D eigenvalue weighted by molar-refractivity contribution is 6.32. The molecule has 4 heteroatoms. The molecule has 3 rings (SSSR count). The van der Waals surface area contributed by atoms with Gasteiger partial charge in [-0.1, -0.05) is 41.8 Å². The number of carbonyl (C=O) groups excluding carboxylic acids is 1. The highest BCUT2D eigenvalue weighted by atomic mass is 35.5. The number of amides is 1. The Bertz CT molecular complexity index is 854. The van der Waals surface area contributed by atoms with Crippen LogP contribution < -0.4 is 10.1 Å². The lowest BCUT2D eigenvalue weighted by molar-refractivity contribution is -0.121. The third kappa shape index (κ3) is 5.52. The van der Waals surface area contributed by atoms with E-state index in [0.29, 0.717) is 30.2 Å². The van der Waals surface area contributed by atoms with Crippen LogP contribution >= 0.6 is 11.6 Å². The molecule has 0 unspecified atom stereocenters. The minimum absolute atomic E-state index is 0.0384. The summed E-state index contributed by atoms with van der Waals surface area (Å²) >= 11 is 6.19. The molecule has 1 N–H and O–H groups in total. The van der Waals surface area contributed by atoms with Crippen LogP contribution in [0.25, 0.3) is 0 Å². The van der Waals surface area contributed by atoms with Gasteiger partial charge in [0.15, 0.2) is 0 Å². The predicted molar refractivity (Wildman–Crippen MR) is 109 cm³/mol. The summed E-state index contributed by atoms with van der Waals surface area (Å²) in [6, 6.07) is 12.1. The number of terminal acetylenes is 1. The number of hydrogen-bond donors (Lipinski definition) is 1. The predicted octanol–water partition coefficient (Wildman–Crippen LogP) is 4.48.